The maximum Gasteiger partial charge on any atom is 0.157 e. The fourth-order valence-corrected chi connectivity index (χ4v) is 2.81. The standard InChI is InChI=1S/C21H43O2P.HI/c1-3-5-14-18-22-21(23-19-15-6-4-2)17-13-11-9-7-8-10-12-16-20-24;/h8,10,21H,3-7,9,11-20,24H2,1-2H3;1H/b10-8+;. The van der Waals surface area contributed by atoms with E-state index < -0.39 is 0 Å². The van der Waals surface area contributed by atoms with Crippen LogP contribution in [0.4, 0.5) is 0 Å². The first-order valence-electron chi connectivity index (χ1n) is 10.4. The Labute approximate surface area is 177 Å². The van der Waals surface area contributed by atoms with Gasteiger partial charge in [0.1, 0.15) is 0 Å². The molecule has 0 saturated carbocycles. The zero-order valence-corrected chi connectivity index (χ0v) is 20.3. The first kappa shape index (κ1) is 28.0. The minimum Gasteiger partial charge on any atom is -0.353 e. The van der Waals surface area contributed by atoms with Crippen molar-refractivity contribution in [1.82, 2.24) is 0 Å². The zero-order chi connectivity index (χ0) is 17.7. The van der Waals surface area contributed by atoms with E-state index in [1.807, 2.05) is 0 Å². The molecule has 0 aliphatic rings. The van der Waals surface area contributed by atoms with Crippen molar-refractivity contribution in [1.29, 1.82) is 0 Å². The third-order valence-corrected chi connectivity index (χ3v) is 4.56. The Morgan fingerprint density at radius 1 is 0.720 bits per heavy atom. The van der Waals surface area contributed by atoms with Crippen LogP contribution in [-0.2, 0) is 9.47 Å². The van der Waals surface area contributed by atoms with Gasteiger partial charge < -0.3 is 9.47 Å². The summed E-state index contributed by atoms with van der Waals surface area (Å²) >= 11 is 0. The van der Waals surface area contributed by atoms with Gasteiger partial charge in [0, 0.05) is 13.2 Å². The Hall–Kier alpha value is 0.820. The second-order valence-corrected chi connectivity index (χ2v) is 7.20. The van der Waals surface area contributed by atoms with Crippen molar-refractivity contribution >= 4 is 33.2 Å². The van der Waals surface area contributed by atoms with Crippen molar-refractivity contribution in [2.75, 3.05) is 19.4 Å². The van der Waals surface area contributed by atoms with E-state index in [-0.39, 0.29) is 30.3 Å². The van der Waals surface area contributed by atoms with Gasteiger partial charge in [0.05, 0.1) is 0 Å². The van der Waals surface area contributed by atoms with Gasteiger partial charge in [0.15, 0.2) is 6.29 Å². The SMILES string of the molecule is CCCCCOC(CCCCC/C=C/CCCP)OCCCCC.I. The van der Waals surface area contributed by atoms with E-state index in [9.17, 15) is 0 Å². The van der Waals surface area contributed by atoms with E-state index in [4.69, 9.17) is 9.47 Å². The maximum atomic E-state index is 5.96. The summed E-state index contributed by atoms with van der Waals surface area (Å²) in [6, 6.07) is 0. The smallest absolute Gasteiger partial charge is 0.157 e. The summed E-state index contributed by atoms with van der Waals surface area (Å²) in [4.78, 5) is 0. The highest BCUT2D eigenvalue weighted by molar-refractivity contribution is 14.0. The lowest BCUT2D eigenvalue weighted by molar-refractivity contribution is -0.148. The minimum absolute atomic E-state index is 0. The molecule has 1 unspecified atom stereocenters. The van der Waals surface area contributed by atoms with Gasteiger partial charge in [0.25, 0.3) is 0 Å². The molecule has 0 aromatic carbocycles. The van der Waals surface area contributed by atoms with Crippen molar-refractivity contribution in [2.45, 2.75) is 104 Å². The Bertz CT molecular complexity index is 250. The highest BCUT2D eigenvalue weighted by Gasteiger charge is 2.08. The lowest BCUT2D eigenvalue weighted by Crippen LogP contribution is -2.19. The monoisotopic (exact) mass is 486 g/mol. The quantitative estimate of drug-likeness (QED) is 0.0619. The van der Waals surface area contributed by atoms with Gasteiger partial charge in [-0.3, -0.25) is 0 Å². The van der Waals surface area contributed by atoms with Crippen LogP contribution in [0.25, 0.3) is 0 Å². The van der Waals surface area contributed by atoms with E-state index in [0.29, 0.717) is 0 Å². The first-order chi connectivity index (χ1) is 11.8. The van der Waals surface area contributed by atoms with Crippen LogP contribution in [-0.4, -0.2) is 25.7 Å². The van der Waals surface area contributed by atoms with Crippen LogP contribution in [0.2, 0.25) is 0 Å². The van der Waals surface area contributed by atoms with Gasteiger partial charge in [-0.1, -0.05) is 58.1 Å². The molecule has 0 aliphatic heterocycles. The van der Waals surface area contributed by atoms with Crippen molar-refractivity contribution in [2.24, 2.45) is 0 Å². The highest BCUT2D eigenvalue weighted by Crippen LogP contribution is 2.12. The van der Waals surface area contributed by atoms with Crippen LogP contribution < -0.4 is 0 Å². The number of unbranched alkanes of at least 4 members (excludes halogenated alkanes) is 8. The minimum atomic E-state index is 0. The van der Waals surface area contributed by atoms with E-state index >= 15 is 0 Å². The average Bonchev–Trinajstić information content (AvgIpc) is 2.60. The van der Waals surface area contributed by atoms with Crippen molar-refractivity contribution in [3.8, 4) is 0 Å². The summed E-state index contributed by atoms with van der Waals surface area (Å²) in [5.41, 5.74) is 0. The molecule has 0 aromatic rings. The Kier molecular flexibility index (Phi) is 27.8. The molecule has 152 valence electrons. The fraction of sp³-hybridized carbons (Fsp3) is 0.905. The molecule has 0 spiro atoms. The number of allylic oxidation sites excluding steroid dienone is 2. The summed E-state index contributed by atoms with van der Waals surface area (Å²) in [5, 5.41) is 0. The molecule has 4 heteroatoms. The van der Waals surface area contributed by atoms with Crippen molar-refractivity contribution < 1.29 is 9.47 Å². The Morgan fingerprint density at radius 3 is 1.80 bits per heavy atom. The van der Waals surface area contributed by atoms with E-state index in [0.717, 1.165) is 32.5 Å². The topological polar surface area (TPSA) is 18.5 Å². The highest BCUT2D eigenvalue weighted by atomic mass is 127. The van der Waals surface area contributed by atoms with Crippen molar-refractivity contribution in [3.05, 3.63) is 12.2 Å². The molecule has 0 saturated heterocycles. The van der Waals surface area contributed by atoms with Gasteiger partial charge >= 0.3 is 0 Å². The average molecular weight is 486 g/mol. The first-order valence-corrected chi connectivity index (χ1v) is 11.2. The number of rotatable bonds is 19. The Balaban J connectivity index is 0. The predicted octanol–water partition coefficient (Wildman–Crippen LogP) is 7.51. The van der Waals surface area contributed by atoms with Gasteiger partial charge in [0.2, 0.25) is 0 Å². The van der Waals surface area contributed by atoms with E-state index in [2.05, 4.69) is 35.2 Å². The number of halogens is 1. The third-order valence-electron chi connectivity index (χ3n) is 4.16. The summed E-state index contributed by atoms with van der Waals surface area (Å²) in [6.07, 6.45) is 21.8. The number of hydrogen-bond donors (Lipinski definition) is 0. The van der Waals surface area contributed by atoms with Crippen LogP contribution in [0.3, 0.4) is 0 Å². The molecule has 0 fully saturated rings. The summed E-state index contributed by atoms with van der Waals surface area (Å²) in [5.74, 6) is 0. The van der Waals surface area contributed by atoms with Crippen molar-refractivity contribution in [3.63, 3.8) is 0 Å². The zero-order valence-electron chi connectivity index (χ0n) is 16.8. The number of hydrogen-bond acceptors (Lipinski definition) is 2. The van der Waals surface area contributed by atoms with Crippen LogP contribution in [0.1, 0.15) is 97.3 Å². The summed E-state index contributed by atoms with van der Waals surface area (Å²) in [6.45, 7) is 6.16. The van der Waals surface area contributed by atoms with Gasteiger partial charge in [-0.2, -0.15) is 0 Å². The molecule has 0 rings (SSSR count). The molecule has 0 bridgehead atoms. The number of ether oxygens (including phenoxy) is 2. The van der Waals surface area contributed by atoms with Gasteiger partial charge in [-0.05, 0) is 57.5 Å². The second-order valence-electron chi connectivity index (χ2n) is 6.63. The summed E-state index contributed by atoms with van der Waals surface area (Å²) in [7, 11) is 2.79. The molecular formula is C21H44IO2P. The van der Waals surface area contributed by atoms with Crippen LogP contribution >= 0.6 is 33.2 Å². The van der Waals surface area contributed by atoms with Gasteiger partial charge in [-0.25, -0.2) is 0 Å². The maximum absolute atomic E-state index is 5.96. The molecule has 0 aliphatic carbocycles. The molecule has 1 atom stereocenters. The van der Waals surface area contributed by atoms with Crippen LogP contribution in [0.15, 0.2) is 12.2 Å². The molecule has 0 heterocycles. The predicted molar refractivity (Wildman–Crippen MR) is 126 cm³/mol. The molecule has 0 aromatic heterocycles. The molecule has 0 N–H and O–H groups in total. The summed E-state index contributed by atoms with van der Waals surface area (Å²) < 4.78 is 11.9. The Morgan fingerprint density at radius 2 is 1.28 bits per heavy atom. The van der Waals surface area contributed by atoms with Crippen LogP contribution in [0, 0.1) is 0 Å². The molecule has 0 radical (unpaired) electrons. The van der Waals surface area contributed by atoms with E-state index in [1.54, 1.807) is 0 Å². The lowest BCUT2D eigenvalue weighted by Gasteiger charge is -2.18. The molecule has 25 heavy (non-hydrogen) atoms. The van der Waals surface area contributed by atoms with Gasteiger partial charge in [-0.15, -0.1) is 33.2 Å². The van der Waals surface area contributed by atoms with E-state index in [1.165, 1.54) is 70.4 Å². The second kappa shape index (κ2) is 24.8. The normalized spacial score (nSPS) is 11.4. The fourth-order valence-electron chi connectivity index (χ4n) is 2.57. The third kappa shape index (κ3) is 22.8. The van der Waals surface area contributed by atoms with Crippen LogP contribution in [0.5, 0.6) is 0 Å². The molecule has 2 nitrogen and oxygen atoms in total. The molecular weight excluding hydrogens is 442 g/mol. The largest absolute Gasteiger partial charge is 0.353 e. The lowest BCUT2D eigenvalue weighted by atomic mass is 10.1. The molecule has 0 amide bonds.